The van der Waals surface area contributed by atoms with E-state index in [1.807, 2.05) is 24.0 Å². The summed E-state index contributed by atoms with van der Waals surface area (Å²) < 4.78 is 27.1. The van der Waals surface area contributed by atoms with Gasteiger partial charge in [-0.3, -0.25) is 4.79 Å². The first-order valence-corrected chi connectivity index (χ1v) is 10.9. The maximum Gasteiger partial charge on any atom is 0.243 e. The molecule has 2 heterocycles. The Hall–Kier alpha value is -1.15. The van der Waals surface area contributed by atoms with E-state index in [0.29, 0.717) is 37.4 Å². The Labute approximate surface area is 168 Å². The predicted octanol–water partition coefficient (Wildman–Crippen LogP) is 2.16. The molecule has 0 bridgehead atoms. The van der Waals surface area contributed by atoms with E-state index in [1.165, 1.54) is 4.31 Å². The second-order valence-corrected chi connectivity index (χ2v) is 9.35. The number of likely N-dealkylation sites (tertiary alicyclic amines) is 1. The van der Waals surface area contributed by atoms with Gasteiger partial charge in [0.2, 0.25) is 15.9 Å². The normalized spacial score (nSPS) is 22.3. The Balaban J connectivity index is 0.00000261. The average Bonchev–Trinajstić information content (AvgIpc) is 2.68. The van der Waals surface area contributed by atoms with E-state index < -0.39 is 10.0 Å². The van der Waals surface area contributed by atoms with E-state index >= 15 is 0 Å². The summed E-state index contributed by atoms with van der Waals surface area (Å²) in [5.74, 6) is 0.0687. The fourth-order valence-electron chi connectivity index (χ4n) is 3.97. The van der Waals surface area contributed by atoms with Crippen molar-refractivity contribution in [3.8, 4) is 0 Å². The van der Waals surface area contributed by atoms with E-state index in [2.05, 4.69) is 0 Å². The predicted molar refractivity (Wildman–Crippen MR) is 108 cm³/mol. The third kappa shape index (κ3) is 4.83. The minimum Gasteiger partial charge on any atom is -0.338 e. The molecular formula is C19H30ClN3O3S. The zero-order valence-electron chi connectivity index (χ0n) is 15.8. The lowest BCUT2D eigenvalue weighted by molar-refractivity contribution is -0.140. The second-order valence-electron chi connectivity index (χ2n) is 7.41. The molecule has 0 aliphatic carbocycles. The minimum atomic E-state index is -3.48. The van der Waals surface area contributed by atoms with Crippen molar-refractivity contribution in [1.29, 1.82) is 0 Å². The number of sulfonamides is 1. The Morgan fingerprint density at radius 2 is 1.70 bits per heavy atom. The first-order chi connectivity index (χ1) is 12.4. The first-order valence-electron chi connectivity index (χ1n) is 9.51. The molecule has 0 aromatic heterocycles. The molecule has 8 heteroatoms. The van der Waals surface area contributed by atoms with Crippen LogP contribution in [0.1, 0.15) is 37.7 Å². The SMILES string of the molecule is Cc1ccc(S(=O)(=O)N2CCC(C(=O)N3CCCCC3CN)CC2)cc1.Cl. The van der Waals surface area contributed by atoms with Crippen molar-refractivity contribution in [1.82, 2.24) is 9.21 Å². The van der Waals surface area contributed by atoms with Crippen LogP contribution in [-0.4, -0.2) is 55.8 Å². The Morgan fingerprint density at radius 1 is 1.07 bits per heavy atom. The summed E-state index contributed by atoms with van der Waals surface area (Å²) in [7, 11) is -3.48. The van der Waals surface area contributed by atoms with Crippen LogP contribution in [0.15, 0.2) is 29.2 Å². The monoisotopic (exact) mass is 415 g/mol. The molecule has 2 N–H and O–H groups in total. The lowest BCUT2D eigenvalue weighted by atomic mass is 9.93. The summed E-state index contributed by atoms with van der Waals surface area (Å²) in [6.45, 7) is 4.01. The molecule has 1 amide bonds. The van der Waals surface area contributed by atoms with Gasteiger partial charge in [-0.1, -0.05) is 17.7 Å². The van der Waals surface area contributed by atoms with Crippen LogP contribution in [0.3, 0.4) is 0 Å². The lowest BCUT2D eigenvalue weighted by Gasteiger charge is -2.39. The van der Waals surface area contributed by atoms with E-state index in [-0.39, 0.29) is 30.3 Å². The standard InChI is InChI=1S/C19H29N3O3S.ClH/c1-15-5-7-18(8-6-15)26(24,25)21-12-9-16(10-13-21)19(23)22-11-3-2-4-17(22)14-20;/h5-8,16-17H,2-4,9-14,20H2,1H3;1H. The highest BCUT2D eigenvalue weighted by molar-refractivity contribution is 7.89. The highest BCUT2D eigenvalue weighted by atomic mass is 35.5. The van der Waals surface area contributed by atoms with Crippen LogP contribution in [0.2, 0.25) is 0 Å². The highest BCUT2D eigenvalue weighted by Gasteiger charge is 2.36. The molecule has 6 nitrogen and oxygen atoms in total. The minimum absolute atomic E-state index is 0. The van der Waals surface area contributed by atoms with Gasteiger partial charge in [0, 0.05) is 38.1 Å². The number of aryl methyl sites for hydroxylation is 1. The number of rotatable bonds is 4. The zero-order valence-corrected chi connectivity index (χ0v) is 17.5. The van der Waals surface area contributed by atoms with Crippen LogP contribution in [0, 0.1) is 12.8 Å². The van der Waals surface area contributed by atoms with Gasteiger partial charge in [0.15, 0.2) is 0 Å². The van der Waals surface area contributed by atoms with Crippen molar-refractivity contribution in [2.75, 3.05) is 26.2 Å². The number of halogens is 1. The fourth-order valence-corrected chi connectivity index (χ4v) is 5.44. The molecule has 1 aromatic rings. The van der Waals surface area contributed by atoms with Gasteiger partial charge in [-0.15, -0.1) is 12.4 Å². The molecule has 0 spiro atoms. The van der Waals surface area contributed by atoms with Crippen LogP contribution in [-0.2, 0) is 14.8 Å². The lowest BCUT2D eigenvalue weighted by Crippen LogP contribution is -2.51. The van der Waals surface area contributed by atoms with Crippen molar-refractivity contribution < 1.29 is 13.2 Å². The third-order valence-corrected chi connectivity index (χ3v) is 7.56. The van der Waals surface area contributed by atoms with Crippen LogP contribution in [0.4, 0.5) is 0 Å². The highest BCUT2D eigenvalue weighted by Crippen LogP contribution is 2.27. The molecule has 1 aromatic carbocycles. The summed E-state index contributed by atoms with van der Waals surface area (Å²) in [5.41, 5.74) is 6.87. The van der Waals surface area contributed by atoms with Gasteiger partial charge in [0.25, 0.3) is 0 Å². The van der Waals surface area contributed by atoms with Gasteiger partial charge in [-0.05, 0) is 51.2 Å². The quantitative estimate of drug-likeness (QED) is 0.816. The molecule has 27 heavy (non-hydrogen) atoms. The maximum atomic E-state index is 12.9. The average molecular weight is 416 g/mol. The molecular weight excluding hydrogens is 386 g/mol. The summed E-state index contributed by atoms with van der Waals surface area (Å²) in [6, 6.07) is 7.08. The summed E-state index contributed by atoms with van der Waals surface area (Å²) in [6.07, 6.45) is 4.29. The van der Waals surface area contributed by atoms with Gasteiger partial charge in [-0.25, -0.2) is 8.42 Å². The number of hydrogen-bond acceptors (Lipinski definition) is 4. The summed E-state index contributed by atoms with van der Waals surface area (Å²) >= 11 is 0. The number of benzene rings is 1. The number of piperidine rings is 2. The van der Waals surface area contributed by atoms with E-state index in [9.17, 15) is 13.2 Å². The number of amides is 1. The maximum absolute atomic E-state index is 12.9. The molecule has 1 atom stereocenters. The number of nitrogens with zero attached hydrogens (tertiary/aromatic N) is 2. The van der Waals surface area contributed by atoms with Crippen molar-refractivity contribution in [3.63, 3.8) is 0 Å². The van der Waals surface area contributed by atoms with E-state index in [1.54, 1.807) is 12.1 Å². The molecule has 1 unspecified atom stereocenters. The van der Waals surface area contributed by atoms with Crippen molar-refractivity contribution in [2.45, 2.75) is 50.0 Å². The topological polar surface area (TPSA) is 83.7 Å². The van der Waals surface area contributed by atoms with Crippen molar-refractivity contribution in [3.05, 3.63) is 29.8 Å². The first kappa shape index (κ1) is 22.1. The van der Waals surface area contributed by atoms with Crippen LogP contribution >= 0.6 is 12.4 Å². The Morgan fingerprint density at radius 3 is 2.30 bits per heavy atom. The molecule has 3 rings (SSSR count). The van der Waals surface area contributed by atoms with Crippen molar-refractivity contribution in [2.24, 2.45) is 11.7 Å². The summed E-state index contributed by atoms with van der Waals surface area (Å²) in [5, 5.41) is 0. The van der Waals surface area contributed by atoms with Crippen LogP contribution < -0.4 is 5.73 Å². The van der Waals surface area contributed by atoms with Gasteiger partial charge in [-0.2, -0.15) is 4.31 Å². The number of hydrogen-bond donors (Lipinski definition) is 1. The molecule has 2 aliphatic rings. The van der Waals surface area contributed by atoms with Gasteiger partial charge in [0.1, 0.15) is 0 Å². The molecule has 152 valence electrons. The van der Waals surface area contributed by atoms with E-state index in [0.717, 1.165) is 31.4 Å². The third-order valence-electron chi connectivity index (χ3n) is 5.64. The molecule has 0 saturated carbocycles. The number of carbonyl (C=O) groups excluding carboxylic acids is 1. The van der Waals surface area contributed by atoms with Gasteiger partial charge in [0.05, 0.1) is 4.90 Å². The van der Waals surface area contributed by atoms with Crippen LogP contribution in [0.25, 0.3) is 0 Å². The van der Waals surface area contributed by atoms with Crippen LogP contribution in [0.5, 0.6) is 0 Å². The Bertz CT molecular complexity index is 731. The molecule has 2 saturated heterocycles. The molecule has 0 radical (unpaired) electrons. The molecule has 2 aliphatic heterocycles. The largest absolute Gasteiger partial charge is 0.338 e. The number of carbonyl (C=O) groups is 1. The van der Waals surface area contributed by atoms with Crippen molar-refractivity contribution >= 4 is 28.3 Å². The fraction of sp³-hybridized carbons (Fsp3) is 0.632. The molecule has 2 fully saturated rings. The zero-order chi connectivity index (χ0) is 18.7. The Kier molecular flexibility index (Phi) is 7.68. The smallest absolute Gasteiger partial charge is 0.243 e. The second kappa shape index (κ2) is 9.37. The number of nitrogens with two attached hydrogens (primary N) is 1. The van der Waals surface area contributed by atoms with Gasteiger partial charge < -0.3 is 10.6 Å². The van der Waals surface area contributed by atoms with E-state index in [4.69, 9.17) is 5.73 Å². The summed E-state index contributed by atoms with van der Waals surface area (Å²) in [4.78, 5) is 15.2. The van der Waals surface area contributed by atoms with Gasteiger partial charge >= 0.3 is 0 Å².